The standard InChI is InChI=1S/C6H14N2O3S2/c1-5(3-9)8(2)13(10,11)4-6(7)12/h5,9H,3-4H2,1-2H3,(H2,7,12). The Kier molecular flexibility index (Phi) is 4.76. The molecule has 0 fully saturated rings. The third-order valence-electron chi connectivity index (χ3n) is 1.65. The van der Waals surface area contributed by atoms with Crippen LogP contribution in [0.1, 0.15) is 6.92 Å². The van der Waals surface area contributed by atoms with Gasteiger partial charge in [0.25, 0.3) is 0 Å². The molecule has 0 aromatic rings. The number of thiocarbonyl (C=S) groups is 1. The average Bonchev–Trinajstić information content (AvgIpc) is 1.99. The maximum Gasteiger partial charge on any atom is 0.220 e. The van der Waals surface area contributed by atoms with E-state index in [0.717, 1.165) is 4.31 Å². The molecule has 0 aliphatic heterocycles. The molecular weight excluding hydrogens is 212 g/mol. The van der Waals surface area contributed by atoms with Crippen LogP contribution in [0.5, 0.6) is 0 Å². The Morgan fingerprint density at radius 2 is 2.15 bits per heavy atom. The largest absolute Gasteiger partial charge is 0.395 e. The Labute approximate surface area is 83.6 Å². The summed E-state index contributed by atoms with van der Waals surface area (Å²) in [7, 11) is -2.08. The van der Waals surface area contributed by atoms with Crippen LogP contribution in [0, 0.1) is 0 Å². The highest BCUT2D eigenvalue weighted by atomic mass is 32.2. The first kappa shape index (κ1) is 12.8. The van der Waals surface area contributed by atoms with Crippen molar-refractivity contribution in [3.8, 4) is 0 Å². The molecule has 7 heteroatoms. The van der Waals surface area contributed by atoms with E-state index in [2.05, 4.69) is 12.2 Å². The number of hydrogen-bond donors (Lipinski definition) is 2. The summed E-state index contributed by atoms with van der Waals surface area (Å²) in [6.07, 6.45) is 0. The van der Waals surface area contributed by atoms with Gasteiger partial charge < -0.3 is 10.8 Å². The van der Waals surface area contributed by atoms with Gasteiger partial charge in [0.2, 0.25) is 10.0 Å². The van der Waals surface area contributed by atoms with E-state index >= 15 is 0 Å². The van der Waals surface area contributed by atoms with E-state index in [9.17, 15) is 8.42 Å². The highest BCUT2D eigenvalue weighted by molar-refractivity contribution is 7.92. The van der Waals surface area contributed by atoms with Gasteiger partial charge in [-0.25, -0.2) is 8.42 Å². The second-order valence-electron chi connectivity index (χ2n) is 2.77. The van der Waals surface area contributed by atoms with Gasteiger partial charge in [0.05, 0.1) is 11.6 Å². The fourth-order valence-corrected chi connectivity index (χ4v) is 2.30. The molecule has 0 rings (SSSR count). The molecule has 0 aromatic carbocycles. The van der Waals surface area contributed by atoms with Gasteiger partial charge in [-0.05, 0) is 6.92 Å². The van der Waals surface area contributed by atoms with Gasteiger partial charge in [-0.15, -0.1) is 0 Å². The molecule has 1 atom stereocenters. The minimum absolute atomic E-state index is 0.0722. The minimum Gasteiger partial charge on any atom is -0.395 e. The predicted octanol–water partition coefficient (Wildman–Crippen LogP) is -1.09. The summed E-state index contributed by atoms with van der Waals surface area (Å²) in [5.74, 6) is -0.358. The quantitative estimate of drug-likeness (QED) is 0.582. The van der Waals surface area contributed by atoms with Gasteiger partial charge in [0.15, 0.2) is 0 Å². The number of sulfonamides is 1. The van der Waals surface area contributed by atoms with Crippen molar-refractivity contribution in [2.45, 2.75) is 13.0 Å². The molecule has 13 heavy (non-hydrogen) atoms. The van der Waals surface area contributed by atoms with Crippen molar-refractivity contribution < 1.29 is 13.5 Å². The van der Waals surface area contributed by atoms with Gasteiger partial charge in [0.1, 0.15) is 5.75 Å². The zero-order chi connectivity index (χ0) is 10.6. The van der Waals surface area contributed by atoms with Crippen molar-refractivity contribution in [3.63, 3.8) is 0 Å². The molecule has 0 heterocycles. The Hall–Kier alpha value is -0.240. The smallest absolute Gasteiger partial charge is 0.220 e. The number of rotatable bonds is 5. The van der Waals surface area contributed by atoms with Crippen LogP contribution >= 0.6 is 12.2 Å². The molecule has 0 amide bonds. The lowest BCUT2D eigenvalue weighted by Crippen LogP contribution is -2.41. The number of aliphatic hydroxyl groups is 1. The monoisotopic (exact) mass is 226 g/mol. The summed E-state index contributed by atoms with van der Waals surface area (Å²) in [6.45, 7) is 1.37. The number of nitrogens with zero attached hydrogens (tertiary/aromatic N) is 1. The molecule has 5 nitrogen and oxygen atoms in total. The van der Waals surface area contributed by atoms with Crippen LogP contribution in [0.4, 0.5) is 0 Å². The maximum atomic E-state index is 11.4. The zero-order valence-electron chi connectivity index (χ0n) is 7.60. The molecule has 78 valence electrons. The van der Waals surface area contributed by atoms with Crippen LogP contribution in [-0.4, -0.2) is 48.3 Å². The molecule has 0 aliphatic carbocycles. The number of nitrogens with two attached hydrogens (primary N) is 1. The van der Waals surface area contributed by atoms with Gasteiger partial charge >= 0.3 is 0 Å². The van der Waals surface area contributed by atoms with E-state index in [4.69, 9.17) is 10.8 Å². The maximum absolute atomic E-state index is 11.4. The summed E-state index contributed by atoms with van der Waals surface area (Å²) in [4.78, 5) is -0.0722. The van der Waals surface area contributed by atoms with Crippen molar-refractivity contribution in [1.29, 1.82) is 0 Å². The highest BCUT2D eigenvalue weighted by Gasteiger charge is 2.23. The lowest BCUT2D eigenvalue weighted by molar-refractivity contribution is 0.214. The van der Waals surface area contributed by atoms with Gasteiger partial charge in [-0.2, -0.15) is 4.31 Å². The van der Waals surface area contributed by atoms with Crippen molar-refractivity contribution in [1.82, 2.24) is 4.31 Å². The van der Waals surface area contributed by atoms with Crippen molar-refractivity contribution >= 4 is 27.2 Å². The van der Waals surface area contributed by atoms with Crippen molar-refractivity contribution in [2.24, 2.45) is 5.73 Å². The van der Waals surface area contributed by atoms with Crippen LogP contribution in [0.15, 0.2) is 0 Å². The van der Waals surface area contributed by atoms with Crippen molar-refractivity contribution in [2.75, 3.05) is 19.4 Å². The number of likely N-dealkylation sites (N-methyl/N-ethyl adjacent to an activating group) is 1. The minimum atomic E-state index is -3.46. The SMILES string of the molecule is CC(CO)N(C)S(=O)(=O)CC(N)=S. The summed E-state index contributed by atoms with van der Waals surface area (Å²) in [5, 5.41) is 8.73. The Morgan fingerprint density at radius 1 is 1.69 bits per heavy atom. The predicted molar refractivity (Wildman–Crippen MR) is 54.9 cm³/mol. The normalized spacial score (nSPS) is 14.5. The summed E-state index contributed by atoms with van der Waals surface area (Å²) >= 11 is 4.50. The Bertz CT molecular complexity index is 276. The van der Waals surface area contributed by atoms with Gasteiger partial charge in [0, 0.05) is 13.1 Å². The third-order valence-corrected chi connectivity index (χ3v) is 3.89. The molecule has 0 spiro atoms. The van der Waals surface area contributed by atoms with Crippen LogP contribution in [-0.2, 0) is 10.0 Å². The second kappa shape index (κ2) is 4.85. The molecule has 0 aromatic heterocycles. The fourth-order valence-electron chi connectivity index (χ4n) is 0.671. The molecule has 1 unspecified atom stereocenters. The van der Waals surface area contributed by atoms with Gasteiger partial charge in [-0.3, -0.25) is 0 Å². The lowest BCUT2D eigenvalue weighted by atomic mass is 10.4. The van der Waals surface area contributed by atoms with E-state index in [1.54, 1.807) is 6.92 Å². The van der Waals surface area contributed by atoms with Crippen LogP contribution in [0.3, 0.4) is 0 Å². The first-order valence-corrected chi connectivity index (χ1v) is 5.68. The summed E-state index contributed by atoms with van der Waals surface area (Å²) in [6, 6.07) is -0.459. The summed E-state index contributed by atoms with van der Waals surface area (Å²) < 4.78 is 23.8. The third kappa shape index (κ3) is 3.99. The van der Waals surface area contributed by atoms with Crippen LogP contribution in [0.25, 0.3) is 0 Å². The molecular formula is C6H14N2O3S2. The molecule has 0 radical (unpaired) electrons. The molecule has 0 bridgehead atoms. The zero-order valence-corrected chi connectivity index (χ0v) is 9.23. The molecule has 0 aliphatic rings. The highest BCUT2D eigenvalue weighted by Crippen LogP contribution is 2.03. The Morgan fingerprint density at radius 3 is 2.46 bits per heavy atom. The summed E-state index contributed by atoms with van der Waals surface area (Å²) in [5.41, 5.74) is 5.12. The van der Waals surface area contributed by atoms with Crippen LogP contribution < -0.4 is 5.73 Å². The van der Waals surface area contributed by atoms with Crippen molar-refractivity contribution in [3.05, 3.63) is 0 Å². The first-order chi connectivity index (χ1) is 5.81. The molecule has 3 N–H and O–H groups in total. The topological polar surface area (TPSA) is 83.6 Å². The van der Waals surface area contributed by atoms with Gasteiger partial charge in [-0.1, -0.05) is 12.2 Å². The second-order valence-corrected chi connectivity index (χ2v) is 5.32. The Balaban J connectivity index is 4.55. The van der Waals surface area contributed by atoms with E-state index in [0.29, 0.717) is 0 Å². The molecule has 0 saturated heterocycles. The van der Waals surface area contributed by atoms with E-state index in [-0.39, 0.29) is 17.3 Å². The first-order valence-electron chi connectivity index (χ1n) is 3.66. The van der Waals surface area contributed by atoms with Crippen LogP contribution in [0.2, 0.25) is 0 Å². The van der Waals surface area contributed by atoms with E-state index < -0.39 is 16.1 Å². The van der Waals surface area contributed by atoms with E-state index in [1.165, 1.54) is 7.05 Å². The average molecular weight is 226 g/mol. The lowest BCUT2D eigenvalue weighted by Gasteiger charge is -2.21. The fraction of sp³-hybridized carbons (Fsp3) is 0.833. The number of aliphatic hydroxyl groups excluding tert-OH is 1. The molecule has 0 saturated carbocycles. The number of hydrogen-bond acceptors (Lipinski definition) is 4. The van der Waals surface area contributed by atoms with E-state index in [1.807, 2.05) is 0 Å².